The van der Waals surface area contributed by atoms with Crippen molar-refractivity contribution in [1.82, 2.24) is 5.32 Å². The first-order valence-corrected chi connectivity index (χ1v) is 10.6. The summed E-state index contributed by atoms with van der Waals surface area (Å²) in [6.07, 6.45) is 1.05. The van der Waals surface area contributed by atoms with Gasteiger partial charge in [0.15, 0.2) is 0 Å². The Bertz CT molecular complexity index is 926. The van der Waals surface area contributed by atoms with E-state index in [4.69, 9.17) is 9.47 Å². The molecular formula is C20H26N2O5S. The van der Waals surface area contributed by atoms with Crippen molar-refractivity contribution in [3.05, 3.63) is 53.6 Å². The molecule has 0 aromatic heterocycles. The van der Waals surface area contributed by atoms with Crippen LogP contribution in [-0.2, 0) is 14.8 Å². The fourth-order valence-corrected chi connectivity index (χ4v) is 3.59. The normalized spacial score (nSPS) is 12.2. The van der Waals surface area contributed by atoms with E-state index in [0.717, 1.165) is 21.7 Å². The molecule has 0 aliphatic rings. The molecule has 2 aromatic carbocycles. The molecule has 0 aliphatic carbocycles. The van der Waals surface area contributed by atoms with Gasteiger partial charge in [-0.15, -0.1) is 0 Å². The van der Waals surface area contributed by atoms with Gasteiger partial charge in [0.25, 0.3) is 0 Å². The second-order valence-electron chi connectivity index (χ2n) is 6.51. The molecule has 8 heteroatoms. The molecule has 152 valence electrons. The molecule has 0 radical (unpaired) electrons. The number of benzene rings is 2. The monoisotopic (exact) mass is 406 g/mol. The van der Waals surface area contributed by atoms with Crippen LogP contribution in [0, 0.1) is 6.92 Å². The first kappa shape index (κ1) is 21.6. The zero-order chi connectivity index (χ0) is 20.9. The molecule has 2 rings (SSSR count). The summed E-state index contributed by atoms with van der Waals surface area (Å²) < 4.78 is 36.1. The average Bonchev–Trinajstić information content (AvgIpc) is 2.65. The fraction of sp³-hybridized carbons (Fsp3) is 0.350. The zero-order valence-electron chi connectivity index (χ0n) is 16.7. The minimum atomic E-state index is -3.72. The van der Waals surface area contributed by atoms with Crippen LogP contribution in [0.15, 0.2) is 42.5 Å². The summed E-state index contributed by atoms with van der Waals surface area (Å²) in [5.74, 6) is 0.395. The Kier molecular flexibility index (Phi) is 6.90. The van der Waals surface area contributed by atoms with E-state index < -0.39 is 15.9 Å². The molecule has 28 heavy (non-hydrogen) atoms. The van der Waals surface area contributed by atoms with E-state index >= 15 is 0 Å². The van der Waals surface area contributed by atoms with E-state index in [1.54, 1.807) is 18.2 Å². The molecule has 0 spiro atoms. The molecule has 0 fully saturated rings. The molecule has 1 atom stereocenters. The van der Waals surface area contributed by atoms with Crippen molar-refractivity contribution in [2.45, 2.75) is 19.9 Å². The third-order valence-electron chi connectivity index (χ3n) is 4.30. The first-order valence-electron chi connectivity index (χ1n) is 8.71. The molecule has 0 saturated carbocycles. The lowest BCUT2D eigenvalue weighted by Crippen LogP contribution is -2.41. The average molecular weight is 407 g/mol. The summed E-state index contributed by atoms with van der Waals surface area (Å²) >= 11 is 0. The van der Waals surface area contributed by atoms with Gasteiger partial charge in [-0.1, -0.05) is 29.8 Å². The highest BCUT2D eigenvalue weighted by Crippen LogP contribution is 2.33. The van der Waals surface area contributed by atoms with Crippen LogP contribution in [0.3, 0.4) is 0 Å². The van der Waals surface area contributed by atoms with Crippen molar-refractivity contribution in [1.29, 1.82) is 0 Å². The summed E-state index contributed by atoms with van der Waals surface area (Å²) in [7, 11) is -0.788. The molecule has 0 aliphatic heterocycles. The number of nitrogens with zero attached hydrogens (tertiary/aromatic N) is 1. The maximum atomic E-state index is 12.6. The molecule has 7 nitrogen and oxygen atoms in total. The van der Waals surface area contributed by atoms with E-state index in [9.17, 15) is 13.2 Å². The lowest BCUT2D eigenvalue weighted by molar-refractivity contribution is -0.120. The Morgan fingerprint density at radius 1 is 1.11 bits per heavy atom. The third kappa shape index (κ3) is 5.39. The standard InChI is InChI=1S/C20H26N2O5S/c1-14-6-8-16(9-7-14)15(2)21-20(23)13-22(28(5,24)25)18-11-10-17(26-3)12-19(18)27-4/h6-12,15H,13H2,1-5H3,(H,21,23)/t15-/m0/s1. The minimum absolute atomic E-state index is 0.257. The smallest absolute Gasteiger partial charge is 0.241 e. The summed E-state index contributed by atoms with van der Waals surface area (Å²) in [5.41, 5.74) is 2.33. The number of anilines is 1. The molecule has 0 bridgehead atoms. The van der Waals surface area contributed by atoms with Crippen LogP contribution in [0.1, 0.15) is 24.1 Å². The summed E-state index contributed by atoms with van der Waals surface area (Å²) in [5, 5.41) is 2.84. The topological polar surface area (TPSA) is 84.9 Å². The second-order valence-corrected chi connectivity index (χ2v) is 8.41. The number of ether oxygens (including phenoxy) is 2. The van der Waals surface area contributed by atoms with Crippen molar-refractivity contribution in [3.63, 3.8) is 0 Å². The summed E-state index contributed by atoms with van der Waals surface area (Å²) in [6, 6.07) is 12.3. The molecule has 0 unspecified atom stereocenters. The van der Waals surface area contributed by atoms with Gasteiger partial charge in [0, 0.05) is 6.07 Å². The number of rotatable bonds is 8. The number of hydrogen-bond acceptors (Lipinski definition) is 5. The number of sulfonamides is 1. The van der Waals surface area contributed by atoms with Crippen LogP contribution < -0.4 is 19.1 Å². The Balaban J connectivity index is 2.23. The van der Waals surface area contributed by atoms with E-state index in [0.29, 0.717) is 11.5 Å². The van der Waals surface area contributed by atoms with Crippen molar-refractivity contribution >= 4 is 21.6 Å². The van der Waals surface area contributed by atoms with E-state index in [1.165, 1.54) is 14.2 Å². The molecule has 1 N–H and O–H groups in total. The van der Waals surface area contributed by atoms with Crippen LogP contribution in [0.25, 0.3) is 0 Å². The highest BCUT2D eigenvalue weighted by atomic mass is 32.2. The molecule has 1 amide bonds. The molecule has 0 saturated heterocycles. The maximum Gasteiger partial charge on any atom is 0.241 e. The predicted octanol–water partition coefficient (Wildman–Crippen LogP) is 2.66. The van der Waals surface area contributed by atoms with Crippen LogP contribution in [-0.4, -0.2) is 41.3 Å². The Labute approximate surface area is 166 Å². The number of aryl methyl sites for hydroxylation is 1. The number of methoxy groups -OCH3 is 2. The molecular weight excluding hydrogens is 380 g/mol. The van der Waals surface area contributed by atoms with Gasteiger partial charge in [0.05, 0.1) is 32.2 Å². The first-order chi connectivity index (χ1) is 13.2. The molecule has 0 heterocycles. The fourth-order valence-electron chi connectivity index (χ4n) is 2.73. The quantitative estimate of drug-likeness (QED) is 0.729. The maximum absolute atomic E-state index is 12.6. The minimum Gasteiger partial charge on any atom is -0.497 e. The summed E-state index contributed by atoms with van der Waals surface area (Å²) in [6.45, 7) is 3.47. The number of amides is 1. The van der Waals surface area contributed by atoms with Crippen LogP contribution in [0.4, 0.5) is 5.69 Å². The molecule has 2 aromatic rings. The van der Waals surface area contributed by atoms with Gasteiger partial charge in [-0.05, 0) is 31.5 Å². The van der Waals surface area contributed by atoms with E-state index in [1.807, 2.05) is 38.1 Å². The third-order valence-corrected chi connectivity index (χ3v) is 5.42. The van der Waals surface area contributed by atoms with E-state index in [2.05, 4.69) is 5.32 Å². The number of nitrogens with one attached hydrogen (secondary N) is 1. The van der Waals surface area contributed by atoms with Crippen molar-refractivity contribution < 1.29 is 22.7 Å². The van der Waals surface area contributed by atoms with Crippen LogP contribution in [0.2, 0.25) is 0 Å². The highest BCUT2D eigenvalue weighted by Gasteiger charge is 2.25. The SMILES string of the molecule is COc1ccc(N(CC(=O)N[C@@H](C)c2ccc(C)cc2)S(C)(=O)=O)c(OC)c1. The zero-order valence-corrected chi connectivity index (χ0v) is 17.5. The lowest BCUT2D eigenvalue weighted by Gasteiger charge is -2.25. The van der Waals surface area contributed by atoms with Crippen molar-refractivity contribution in [3.8, 4) is 11.5 Å². The second kappa shape index (κ2) is 8.97. The van der Waals surface area contributed by atoms with Gasteiger partial charge >= 0.3 is 0 Å². The lowest BCUT2D eigenvalue weighted by atomic mass is 10.1. The number of carbonyl (C=O) groups is 1. The van der Waals surface area contributed by atoms with Crippen LogP contribution >= 0.6 is 0 Å². The predicted molar refractivity (Wildman–Crippen MR) is 109 cm³/mol. The van der Waals surface area contributed by atoms with Crippen molar-refractivity contribution in [2.75, 3.05) is 31.3 Å². The van der Waals surface area contributed by atoms with Crippen LogP contribution in [0.5, 0.6) is 11.5 Å². The Hall–Kier alpha value is -2.74. The van der Waals surface area contributed by atoms with Gasteiger partial charge in [-0.25, -0.2) is 8.42 Å². The van der Waals surface area contributed by atoms with Gasteiger partial charge in [-0.2, -0.15) is 0 Å². The Morgan fingerprint density at radius 3 is 2.29 bits per heavy atom. The van der Waals surface area contributed by atoms with Crippen molar-refractivity contribution in [2.24, 2.45) is 0 Å². The highest BCUT2D eigenvalue weighted by molar-refractivity contribution is 7.92. The number of hydrogen-bond donors (Lipinski definition) is 1. The Morgan fingerprint density at radius 2 is 1.75 bits per heavy atom. The number of carbonyl (C=O) groups excluding carboxylic acids is 1. The van der Waals surface area contributed by atoms with Gasteiger partial charge in [-0.3, -0.25) is 9.10 Å². The van der Waals surface area contributed by atoms with Gasteiger partial charge < -0.3 is 14.8 Å². The largest absolute Gasteiger partial charge is 0.497 e. The van der Waals surface area contributed by atoms with Gasteiger partial charge in [0.1, 0.15) is 18.0 Å². The van der Waals surface area contributed by atoms with E-state index in [-0.39, 0.29) is 18.3 Å². The van der Waals surface area contributed by atoms with Gasteiger partial charge in [0.2, 0.25) is 15.9 Å². The summed E-state index contributed by atoms with van der Waals surface area (Å²) in [4.78, 5) is 12.6.